The van der Waals surface area contributed by atoms with Gasteiger partial charge in [-0.2, -0.15) is 0 Å². The van der Waals surface area contributed by atoms with Crippen molar-refractivity contribution in [2.75, 3.05) is 40.9 Å². The number of esters is 1. The van der Waals surface area contributed by atoms with Crippen molar-refractivity contribution in [3.8, 4) is 0 Å². The predicted octanol–water partition coefficient (Wildman–Crippen LogP) is 21.3. The summed E-state index contributed by atoms with van der Waals surface area (Å²) >= 11 is 0. The number of phosphoric ester groups is 1. The molecule has 2 N–H and O–H groups in total. The lowest BCUT2D eigenvalue weighted by Crippen LogP contribution is -2.47. The van der Waals surface area contributed by atoms with Crippen molar-refractivity contribution < 1.29 is 37.3 Å². The zero-order chi connectivity index (χ0) is 60.0. The van der Waals surface area contributed by atoms with E-state index in [1.807, 2.05) is 33.3 Å². The first-order chi connectivity index (χ1) is 39.9. The number of unbranched alkanes of at least 4 members (excludes halogenated alkanes) is 28. The van der Waals surface area contributed by atoms with Gasteiger partial charge in [0.05, 0.1) is 33.8 Å². The van der Waals surface area contributed by atoms with Crippen LogP contribution in [0.25, 0.3) is 0 Å². The molecule has 1 amide bonds. The van der Waals surface area contributed by atoms with Crippen LogP contribution in [-0.4, -0.2) is 74.3 Å². The van der Waals surface area contributed by atoms with Gasteiger partial charge in [0.1, 0.15) is 19.3 Å². The van der Waals surface area contributed by atoms with Crippen LogP contribution in [0.5, 0.6) is 0 Å². The molecule has 0 aliphatic rings. The van der Waals surface area contributed by atoms with Crippen molar-refractivity contribution in [2.45, 2.75) is 296 Å². The third-order valence-electron chi connectivity index (χ3n) is 14.4. The fourth-order valence-corrected chi connectivity index (χ4v) is 10.0. The summed E-state index contributed by atoms with van der Waals surface area (Å²) in [7, 11) is 1.45. The van der Waals surface area contributed by atoms with Crippen molar-refractivity contribution in [3.05, 3.63) is 109 Å². The molecule has 0 saturated heterocycles. The first-order valence-corrected chi connectivity index (χ1v) is 35.2. The van der Waals surface area contributed by atoms with E-state index < -0.39 is 20.0 Å². The van der Waals surface area contributed by atoms with Crippen LogP contribution in [0.3, 0.4) is 0 Å². The van der Waals surface area contributed by atoms with Crippen molar-refractivity contribution in [1.29, 1.82) is 0 Å². The summed E-state index contributed by atoms with van der Waals surface area (Å²) in [6.45, 7) is 6.83. The number of carbonyl (C=O) groups is 2. The fraction of sp³-hybridized carbons (Fsp3) is 0.722. The SMILES string of the molecule is CC/C=C\C/C=C\C/C=C\C/C=C\C/C=C\CCCC(=O)NC(COP(=O)(O)OCC[N+](C)(C)C)C(/C=C\CCCCCCCCCCCC)OC(=O)CCCCCCCCCCCCCCCC/C=C\C/C=C\C/C=C\CCCCC. The molecule has 0 heterocycles. The van der Waals surface area contributed by atoms with E-state index in [1.54, 1.807) is 0 Å². The molecule has 82 heavy (non-hydrogen) atoms. The maximum absolute atomic E-state index is 13.5. The zero-order valence-corrected chi connectivity index (χ0v) is 54.8. The Morgan fingerprint density at radius 1 is 0.439 bits per heavy atom. The third-order valence-corrected chi connectivity index (χ3v) is 15.4. The minimum absolute atomic E-state index is 0.0252. The molecule has 0 aliphatic carbocycles. The number of phosphoric acid groups is 1. The molecule has 0 radical (unpaired) electrons. The van der Waals surface area contributed by atoms with E-state index in [-0.39, 0.29) is 37.9 Å². The van der Waals surface area contributed by atoms with Gasteiger partial charge in [-0.05, 0) is 109 Å². The Morgan fingerprint density at radius 2 is 0.793 bits per heavy atom. The molecule has 3 unspecified atom stereocenters. The Hall–Kier alpha value is -3.33. The number of likely N-dealkylation sites (N-methyl/N-ethyl adjacent to an activating group) is 1. The van der Waals surface area contributed by atoms with Crippen LogP contribution in [0.2, 0.25) is 0 Å². The molecule has 10 heteroatoms. The number of rotatable bonds is 60. The molecule has 472 valence electrons. The lowest BCUT2D eigenvalue weighted by Gasteiger charge is -2.27. The lowest BCUT2D eigenvalue weighted by molar-refractivity contribution is -0.870. The highest BCUT2D eigenvalue weighted by Gasteiger charge is 2.30. The Kier molecular flexibility index (Phi) is 58.3. The van der Waals surface area contributed by atoms with E-state index in [4.69, 9.17) is 13.8 Å². The van der Waals surface area contributed by atoms with Gasteiger partial charge in [0.2, 0.25) is 5.91 Å². The minimum atomic E-state index is -4.47. The quantitative estimate of drug-likeness (QED) is 0.0205. The Balaban J connectivity index is 5.13. The van der Waals surface area contributed by atoms with Gasteiger partial charge in [0.15, 0.2) is 0 Å². The Labute approximate surface area is 506 Å². The average molecular weight is 1160 g/mol. The number of quaternary nitrogens is 1. The van der Waals surface area contributed by atoms with Crippen LogP contribution < -0.4 is 5.32 Å². The van der Waals surface area contributed by atoms with Crippen LogP contribution in [0.1, 0.15) is 284 Å². The van der Waals surface area contributed by atoms with Crippen molar-refractivity contribution in [2.24, 2.45) is 0 Å². The van der Waals surface area contributed by atoms with E-state index >= 15 is 0 Å². The molecular weight excluding hydrogens is 1040 g/mol. The Bertz CT molecular complexity index is 1770. The lowest BCUT2D eigenvalue weighted by atomic mass is 10.0. The second-order valence-electron chi connectivity index (χ2n) is 23.6. The monoisotopic (exact) mass is 1160 g/mol. The number of ether oxygens (including phenoxy) is 1. The normalized spacial score (nSPS) is 14.3. The highest BCUT2D eigenvalue weighted by atomic mass is 31.2. The first-order valence-electron chi connectivity index (χ1n) is 33.7. The largest absolute Gasteiger partial charge is 0.472 e. The molecule has 0 fully saturated rings. The van der Waals surface area contributed by atoms with Gasteiger partial charge in [-0.15, -0.1) is 0 Å². The number of amides is 1. The van der Waals surface area contributed by atoms with E-state index in [1.165, 1.54) is 154 Å². The number of hydrogen-bond donors (Lipinski definition) is 2. The molecule has 9 nitrogen and oxygen atoms in total. The van der Waals surface area contributed by atoms with Crippen molar-refractivity contribution >= 4 is 19.7 Å². The average Bonchev–Trinajstić information content (AvgIpc) is 3.44. The predicted molar refractivity (Wildman–Crippen MR) is 355 cm³/mol. The third kappa shape index (κ3) is 61.2. The number of nitrogens with one attached hydrogen (secondary N) is 1. The summed E-state index contributed by atoms with van der Waals surface area (Å²) in [5.41, 5.74) is 0. The molecule has 0 aliphatic heterocycles. The van der Waals surface area contributed by atoms with Crippen LogP contribution in [-0.2, 0) is 27.9 Å². The molecule has 0 aromatic rings. The second kappa shape index (κ2) is 60.8. The van der Waals surface area contributed by atoms with Gasteiger partial charge in [0.25, 0.3) is 0 Å². The molecule has 0 aromatic carbocycles. The topological polar surface area (TPSA) is 111 Å². The minimum Gasteiger partial charge on any atom is -0.456 e. The van der Waals surface area contributed by atoms with Gasteiger partial charge >= 0.3 is 13.8 Å². The van der Waals surface area contributed by atoms with Crippen LogP contribution in [0.15, 0.2) is 109 Å². The summed E-state index contributed by atoms with van der Waals surface area (Å²) in [6, 6.07) is -0.884. The molecule has 0 saturated carbocycles. The highest BCUT2D eigenvalue weighted by molar-refractivity contribution is 7.47. The standard InChI is InChI=1S/C72H127N2O7P/c1-7-10-13-16-19-22-25-28-30-32-33-34-35-36-37-38-39-40-41-43-45-47-50-53-56-59-62-65-72(76)81-70(63-60-57-54-51-48-27-24-21-18-15-12-9-3)69(68-80-82(77,78)79-67-66-74(4,5)6)73-71(75)64-61-58-55-52-49-46-44-42-31-29-26-23-20-17-14-11-8-2/h11,14,19-20,22-23,28-31,33-34,44,46,52,55,60,63,69-70H,7-10,12-13,15-18,21,24-27,32,35-43,45,47-51,53-54,56-59,61-62,64-68H2,1-6H3,(H-,73,75,77,78)/p+1/b14-11-,22-19-,23-20-,30-28-,31-29-,34-33-,46-44-,55-52-,63-60-. The first kappa shape index (κ1) is 78.7. The summed E-state index contributed by atoms with van der Waals surface area (Å²) in [5, 5.41) is 3.02. The van der Waals surface area contributed by atoms with Gasteiger partial charge in [-0.1, -0.05) is 272 Å². The summed E-state index contributed by atoms with van der Waals surface area (Å²) in [4.78, 5) is 37.8. The van der Waals surface area contributed by atoms with Crippen molar-refractivity contribution in [1.82, 2.24) is 5.32 Å². The molecule has 0 bridgehead atoms. The summed E-state index contributed by atoms with van der Waals surface area (Å²) < 4.78 is 30.7. The molecule has 0 spiro atoms. The second-order valence-corrected chi connectivity index (χ2v) is 25.1. The number of carbonyl (C=O) groups excluding carboxylic acids is 2. The maximum Gasteiger partial charge on any atom is 0.472 e. The van der Waals surface area contributed by atoms with Gasteiger partial charge < -0.3 is 19.4 Å². The molecule has 0 aromatic heterocycles. The number of allylic oxidation sites excluding steroid dienone is 17. The van der Waals surface area contributed by atoms with Gasteiger partial charge in [-0.25, -0.2) is 4.57 Å². The summed E-state index contributed by atoms with van der Waals surface area (Å²) in [5.74, 6) is -0.574. The molecule has 0 rings (SSSR count). The van der Waals surface area contributed by atoms with E-state index in [0.29, 0.717) is 17.4 Å². The number of nitrogens with zero attached hydrogens (tertiary/aromatic N) is 1. The number of hydrogen-bond acceptors (Lipinski definition) is 6. The molecular formula is C72H128N2O7P+. The van der Waals surface area contributed by atoms with E-state index in [0.717, 1.165) is 89.9 Å². The van der Waals surface area contributed by atoms with Crippen molar-refractivity contribution in [3.63, 3.8) is 0 Å². The summed E-state index contributed by atoms with van der Waals surface area (Å²) in [6.07, 6.45) is 84.0. The van der Waals surface area contributed by atoms with Gasteiger partial charge in [-0.3, -0.25) is 18.6 Å². The fourth-order valence-electron chi connectivity index (χ4n) is 9.28. The highest BCUT2D eigenvalue weighted by Crippen LogP contribution is 2.43. The van der Waals surface area contributed by atoms with Crippen LogP contribution >= 0.6 is 7.82 Å². The molecule has 3 atom stereocenters. The maximum atomic E-state index is 13.5. The van der Waals surface area contributed by atoms with Crippen LogP contribution in [0.4, 0.5) is 0 Å². The van der Waals surface area contributed by atoms with E-state index in [2.05, 4.69) is 123 Å². The van der Waals surface area contributed by atoms with Gasteiger partial charge in [0, 0.05) is 12.8 Å². The van der Waals surface area contributed by atoms with E-state index in [9.17, 15) is 19.0 Å². The smallest absolute Gasteiger partial charge is 0.456 e. The van der Waals surface area contributed by atoms with Crippen LogP contribution in [0, 0.1) is 0 Å². The zero-order valence-electron chi connectivity index (χ0n) is 54.0. The Morgan fingerprint density at radius 3 is 1.22 bits per heavy atom.